The van der Waals surface area contributed by atoms with Gasteiger partial charge in [0.15, 0.2) is 22.4 Å². The standard InChI is InChI=1S/C12H28O3Si2/c1-12(2,10-15-17(6,7)8)11(13)9-14-16(3,4)5/h9-10H2,1-8H3. The smallest absolute Gasteiger partial charge is 0.184 e. The summed E-state index contributed by atoms with van der Waals surface area (Å²) in [6, 6.07) is 0. The Hall–Kier alpha value is 0.0238. The van der Waals surface area contributed by atoms with Crippen molar-refractivity contribution in [1.29, 1.82) is 0 Å². The van der Waals surface area contributed by atoms with E-state index in [9.17, 15) is 4.79 Å². The molecule has 0 spiro atoms. The Morgan fingerprint density at radius 3 is 1.71 bits per heavy atom. The summed E-state index contributed by atoms with van der Waals surface area (Å²) in [6.45, 7) is 17.2. The average molecular weight is 277 g/mol. The topological polar surface area (TPSA) is 35.5 Å². The minimum atomic E-state index is -1.61. The third-order valence-electron chi connectivity index (χ3n) is 2.26. The van der Waals surface area contributed by atoms with E-state index in [0.717, 1.165) is 0 Å². The molecule has 102 valence electrons. The fraction of sp³-hybridized carbons (Fsp3) is 0.917. The molecule has 0 aliphatic rings. The van der Waals surface area contributed by atoms with Crippen LogP contribution in [0.4, 0.5) is 0 Å². The molecule has 0 bridgehead atoms. The number of ketones is 1. The second-order valence-corrected chi connectivity index (χ2v) is 16.1. The highest BCUT2D eigenvalue weighted by molar-refractivity contribution is 6.70. The van der Waals surface area contributed by atoms with Gasteiger partial charge >= 0.3 is 0 Å². The molecule has 0 N–H and O–H groups in total. The van der Waals surface area contributed by atoms with Crippen LogP contribution < -0.4 is 0 Å². The number of Topliss-reactive ketones (excluding diaryl/α,β-unsaturated/α-hetero) is 1. The van der Waals surface area contributed by atoms with Gasteiger partial charge in [-0.25, -0.2) is 0 Å². The van der Waals surface area contributed by atoms with E-state index in [4.69, 9.17) is 8.85 Å². The van der Waals surface area contributed by atoms with Crippen molar-refractivity contribution in [1.82, 2.24) is 0 Å². The number of hydrogen-bond donors (Lipinski definition) is 0. The molecule has 0 aromatic carbocycles. The van der Waals surface area contributed by atoms with Crippen LogP contribution in [-0.2, 0) is 13.6 Å². The predicted octanol–water partition coefficient (Wildman–Crippen LogP) is 3.28. The zero-order valence-corrected chi connectivity index (χ0v) is 14.6. The number of carbonyl (C=O) groups is 1. The van der Waals surface area contributed by atoms with Gasteiger partial charge in [-0.2, -0.15) is 0 Å². The largest absolute Gasteiger partial charge is 0.417 e. The third-order valence-corrected chi connectivity index (χ3v) is 4.28. The summed E-state index contributed by atoms with van der Waals surface area (Å²) in [4.78, 5) is 12.1. The van der Waals surface area contributed by atoms with Crippen molar-refractivity contribution >= 4 is 22.4 Å². The van der Waals surface area contributed by atoms with Crippen LogP contribution in [0.1, 0.15) is 13.8 Å². The molecule has 0 fully saturated rings. The molecular weight excluding hydrogens is 248 g/mol. The third kappa shape index (κ3) is 8.71. The highest BCUT2D eigenvalue weighted by atomic mass is 28.4. The molecule has 0 aliphatic carbocycles. The first kappa shape index (κ1) is 17.0. The minimum absolute atomic E-state index is 0.137. The highest BCUT2D eigenvalue weighted by Crippen LogP contribution is 2.20. The summed E-state index contributed by atoms with van der Waals surface area (Å²) in [6.07, 6.45) is 0. The van der Waals surface area contributed by atoms with E-state index < -0.39 is 22.0 Å². The molecule has 0 amide bonds. The van der Waals surface area contributed by atoms with Gasteiger partial charge in [0.05, 0.1) is 6.61 Å². The van der Waals surface area contributed by atoms with E-state index in [1.807, 2.05) is 13.8 Å². The van der Waals surface area contributed by atoms with Gasteiger partial charge in [0.25, 0.3) is 0 Å². The van der Waals surface area contributed by atoms with Gasteiger partial charge in [0.2, 0.25) is 0 Å². The lowest BCUT2D eigenvalue weighted by Crippen LogP contribution is -2.40. The van der Waals surface area contributed by atoms with Crippen molar-refractivity contribution in [3.05, 3.63) is 0 Å². The number of carbonyl (C=O) groups excluding carboxylic acids is 1. The molecule has 0 unspecified atom stereocenters. The van der Waals surface area contributed by atoms with Crippen LogP contribution >= 0.6 is 0 Å². The first-order valence-electron chi connectivity index (χ1n) is 6.15. The molecule has 0 saturated heterocycles. The second-order valence-electron chi connectivity index (χ2n) is 7.11. The molecule has 0 aromatic heterocycles. The summed E-state index contributed by atoms with van der Waals surface area (Å²) < 4.78 is 11.5. The van der Waals surface area contributed by atoms with E-state index in [1.165, 1.54) is 0 Å². The fourth-order valence-corrected chi connectivity index (χ4v) is 2.31. The molecule has 5 heteroatoms. The van der Waals surface area contributed by atoms with Gasteiger partial charge in [-0.3, -0.25) is 4.79 Å². The first-order valence-corrected chi connectivity index (χ1v) is 13.0. The number of hydrogen-bond acceptors (Lipinski definition) is 3. The van der Waals surface area contributed by atoms with E-state index in [1.54, 1.807) is 0 Å². The molecule has 0 rings (SSSR count). The van der Waals surface area contributed by atoms with Crippen molar-refractivity contribution in [3.8, 4) is 0 Å². The maximum absolute atomic E-state index is 12.1. The lowest BCUT2D eigenvalue weighted by atomic mass is 9.90. The van der Waals surface area contributed by atoms with Crippen LogP contribution in [0.5, 0.6) is 0 Å². The molecule has 0 aliphatic heterocycles. The Labute approximate surface area is 108 Å². The quantitative estimate of drug-likeness (QED) is 0.669. The van der Waals surface area contributed by atoms with Crippen molar-refractivity contribution in [3.63, 3.8) is 0 Å². The van der Waals surface area contributed by atoms with Crippen molar-refractivity contribution in [2.75, 3.05) is 13.2 Å². The monoisotopic (exact) mass is 276 g/mol. The van der Waals surface area contributed by atoms with Crippen molar-refractivity contribution < 1.29 is 13.6 Å². The molecule has 17 heavy (non-hydrogen) atoms. The molecule has 0 radical (unpaired) electrons. The molecule has 0 saturated carbocycles. The van der Waals surface area contributed by atoms with E-state index in [0.29, 0.717) is 6.61 Å². The Morgan fingerprint density at radius 2 is 1.35 bits per heavy atom. The SMILES string of the molecule is CC(C)(CO[Si](C)(C)C)C(=O)CO[Si](C)(C)C. The zero-order valence-electron chi connectivity index (χ0n) is 12.6. The lowest BCUT2D eigenvalue weighted by Gasteiger charge is -2.28. The molecule has 0 heterocycles. The highest BCUT2D eigenvalue weighted by Gasteiger charge is 2.31. The summed E-state index contributed by atoms with van der Waals surface area (Å²) in [5.41, 5.74) is -0.445. The van der Waals surface area contributed by atoms with Gasteiger partial charge in [0.1, 0.15) is 0 Å². The maximum Gasteiger partial charge on any atom is 0.184 e. The van der Waals surface area contributed by atoms with E-state index >= 15 is 0 Å². The van der Waals surface area contributed by atoms with Gasteiger partial charge in [-0.1, -0.05) is 13.8 Å². The van der Waals surface area contributed by atoms with Crippen LogP contribution in [0.2, 0.25) is 39.3 Å². The number of rotatable bonds is 7. The minimum Gasteiger partial charge on any atom is -0.417 e. The summed E-state index contributed by atoms with van der Waals surface area (Å²) >= 11 is 0. The Balaban J connectivity index is 4.26. The van der Waals surface area contributed by atoms with Crippen LogP contribution in [-0.4, -0.2) is 35.6 Å². The van der Waals surface area contributed by atoms with Crippen LogP contribution in [0.15, 0.2) is 0 Å². The predicted molar refractivity (Wildman–Crippen MR) is 77.4 cm³/mol. The zero-order chi connectivity index (χ0) is 13.9. The lowest BCUT2D eigenvalue weighted by molar-refractivity contribution is -0.131. The molecular formula is C12H28O3Si2. The summed E-state index contributed by atoms with van der Waals surface area (Å²) in [5, 5.41) is 0. The molecule has 0 aromatic rings. The summed E-state index contributed by atoms with van der Waals surface area (Å²) in [7, 11) is -3.17. The van der Waals surface area contributed by atoms with Gasteiger partial charge in [-0.05, 0) is 39.3 Å². The van der Waals surface area contributed by atoms with Crippen molar-refractivity contribution in [2.24, 2.45) is 5.41 Å². The van der Waals surface area contributed by atoms with Gasteiger partial charge < -0.3 is 8.85 Å². The van der Waals surface area contributed by atoms with Crippen LogP contribution in [0.25, 0.3) is 0 Å². The van der Waals surface area contributed by atoms with E-state index in [-0.39, 0.29) is 12.4 Å². The molecule has 3 nitrogen and oxygen atoms in total. The maximum atomic E-state index is 12.1. The molecule has 0 atom stereocenters. The first-order chi connectivity index (χ1) is 7.33. The second kappa shape index (κ2) is 5.78. The Bertz CT molecular complexity index is 262. The van der Waals surface area contributed by atoms with Gasteiger partial charge in [0, 0.05) is 12.0 Å². The van der Waals surface area contributed by atoms with Gasteiger partial charge in [-0.15, -0.1) is 0 Å². The van der Waals surface area contributed by atoms with E-state index in [2.05, 4.69) is 39.3 Å². The Kier molecular flexibility index (Phi) is 5.78. The fourth-order valence-electron chi connectivity index (χ4n) is 0.955. The Morgan fingerprint density at radius 1 is 0.941 bits per heavy atom. The van der Waals surface area contributed by atoms with Crippen molar-refractivity contribution in [2.45, 2.75) is 53.1 Å². The van der Waals surface area contributed by atoms with Crippen LogP contribution in [0, 0.1) is 5.41 Å². The van der Waals surface area contributed by atoms with Crippen LogP contribution in [0.3, 0.4) is 0 Å². The average Bonchev–Trinajstić information content (AvgIpc) is 2.09. The summed E-state index contributed by atoms with van der Waals surface area (Å²) in [5.74, 6) is 0.137. The normalized spacial score (nSPS) is 13.9.